The van der Waals surface area contributed by atoms with Gasteiger partial charge in [0.1, 0.15) is 6.10 Å². The number of hydrogen-bond donors (Lipinski definition) is 3. The van der Waals surface area contributed by atoms with Crippen LogP contribution in [-0.4, -0.2) is 46.7 Å². The molecule has 0 aromatic carbocycles. The van der Waals surface area contributed by atoms with E-state index < -0.39 is 12.1 Å². The van der Waals surface area contributed by atoms with Crippen LogP contribution in [0.25, 0.3) is 0 Å². The average Bonchev–Trinajstić information content (AvgIpc) is 2.34. The van der Waals surface area contributed by atoms with Crippen LogP contribution in [0.1, 0.15) is 47.0 Å². The van der Waals surface area contributed by atoms with Crippen LogP contribution in [0.15, 0.2) is 0 Å². The van der Waals surface area contributed by atoms with Gasteiger partial charge in [-0.25, -0.2) is 0 Å². The lowest BCUT2D eigenvalue weighted by molar-refractivity contribution is -0.134. The summed E-state index contributed by atoms with van der Waals surface area (Å²) in [5.74, 6) is 1.11. The fourth-order valence-corrected chi connectivity index (χ4v) is 2.59. The Hall–Kier alpha value is -0.650. The summed E-state index contributed by atoms with van der Waals surface area (Å²) in [4.78, 5) is 9.00. The van der Waals surface area contributed by atoms with Gasteiger partial charge < -0.3 is 20.1 Å². The van der Waals surface area contributed by atoms with Crippen molar-refractivity contribution in [2.24, 2.45) is 17.8 Å². The Morgan fingerprint density at radius 1 is 1.35 bits per heavy atom. The van der Waals surface area contributed by atoms with Crippen LogP contribution in [0.2, 0.25) is 0 Å². The Morgan fingerprint density at radius 2 is 1.90 bits per heavy atom. The number of aliphatic hydroxyl groups is 2. The van der Waals surface area contributed by atoms with Crippen molar-refractivity contribution in [1.29, 1.82) is 0 Å². The highest BCUT2D eigenvalue weighted by Gasteiger charge is 2.31. The van der Waals surface area contributed by atoms with E-state index in [4.69, 9.17) is 19.7 Å². The predicted octanol–water partition coefficient (Wildman–Crippen LogP) is 1.91. The van der Waals surface area contributed by atoms with Crippen LogP contribution in [0.4, 0.5) is 0 Å². The van der Waals surface area contributed by atoms with Crippen molar-refractivity contribution in [2.75, 3.05) is 13.2 Å². The molecule has 0 aromatic rings. The van der Waals surface area contributed by atoms with Crippen molar-refractivity contribution >= 4 is 5.97 Å². The summed E-state index contributed by atoms with van der Waals surface area (Å²) in [6.07, 6.45) is 3.11. The minimum absolute atomic E-state index is 0.214. The van der Waals surface area contributed by atoms with E-state index in [0.29, 0.717) is 17.8 Å². The minimum atomic E-state index is -0.833. The Bertz CT molecular complexity index is 263. The monoisotopic (exact) mass is 290 g/mol. The second kappa shape index (κ2) is 10.1. The zero-order valence-electron chi connectivity index (χ0n) is 13.1. The van der Waals surface area contributed by atoms with Gasteiger partial charge in [0.05, 0.1) is 19.3 Å². The molecule has 0 aliphatic heterocycles. The molecule has 120 valence electrons. The molecule has 3 N–H and O–H groups in total. The highest BCUT2D eigenvalue weighted by molar-refractivity contribution is 5.62. The van der Waals surface area contributed by atoms with Crippen molar-refractivity contribution in [1.82, 2.24) is 0 Å². The molecule has 4 unspecified atom stereocenters. The maximum atomic E-state index is 9.30. The molecule has 1 aliphatic carbocycles. The van der Waals surface area contributed by atoms with E-state index in [-0.39, 0.29) is 19.3 Å². The summed E-state index contributed by atoms with van der Waals surface area (Å²) in [5.41, 5.74) is 0. The normalized spacial score (nSPS) is 27.6. The molecule has 0 amide bonds. The van der Waals surface area contributed by atoms with Crippen molar-refractivity contribution in [3.05, 3.63) is 0 Å². The lowest BCUT2D eigenvalue weighted by Crippen LogP contribution is -2.36. The van der Waals surface area contributed by atoms with E-state index in [1.807, 2.05) is 0 Å². The van der Waals surface area contributed by atoms with Crippen LogP contribution >= 0.6 is 0 Å². The van der Waals surface area contributed by atoms with Crippen LogP contribution in [0.5, 0.6) is 0 Å². The quantitative estimate of drug-likeness (QED) is 0.720. The molecule has 0 aromatic heterocycles. The average molecular weight is 290 g/mol. The van der Waals surface area contributed by atoms with Crippen LogP contribution < -0.4 is 0 Å². The number of carboxylic acids is 1. The number of rotatable bonds is 5. The molecular formula is C15H30O5. The number of ether oxygens (including phenoxy) is 1. The summed E-state index contributed by atoms with van der Waals surface area (Å²) in [6.45, 7) is 7.86. The second-order valence-corrected chi connectivity index (χ2v) is 6.05. The Labute approximate surface area is 122 Å². The van der Waals surface area contributed by atoms with Crippen molar-refractivity contribution in [2.45, 2.75) is 59.2 Å². The van der Waals surface area contributed by atoms with Gasteiger partial charge in [0.2, 0.25) is 0 Å². The zero-order chi connectivity index (χ0) is 15.7. The Morgan fingerprint density at radius 3 is 2.35 bits per heavy atom. The van der Waals surface area contributed by atoms with Crippen LogP contribution in [0, 0.1) is 17.8 Å². The zero-order valence-corrected chi connectivity index (χ0v) is 13.1. The maximum absolute atomic E-state index is 9.30. The first kappa shape index (κ1) is 19.4. The number of aliphatic hydroxyl groups excluding tert-OH is 2. The standard InChI is InChI=1S/C13H26O3.C2H4O2/c1-9(2)12-5-4-10(3)6-13(12)16-8-11(15)7-14;1-2(3)4/h9-15H,4-8H2,1-3H3;1H3,(H,3,4). The van der Waals surface area contributed by atoms with Gasteiger partial charge in [-0.05, 0) is 30.6 Å². The molecule has 0 bridgehead atoms. The molecule has 1 fully saturated rings. The molecule has 5 heteroatoms. The summed E-state index contributed by atoms with van der Waals surface area (Å²) in [5, 5.41) is 25.5. The number of aliphatic carboxylic acids is 1. The number of carboxylic acid groups (broad SMARTS) is 1. The summed E-state index contributed by atoms with van der Waals surface area (Å²) in [6, 6.07) is 0. The van der Waals surface area contributed by atoms with Crippen LogP contribution in [-0.2, 0) is 9.53 Å². The van der Waals surface area contributed by atoms with Gasteiger partial charge in [0.25, 0.3) is 5.97 Å². The number of hydrogen-bond acceptors (Lipinski definition) is 4. The van der Waals surface area contributed by atoms with Gasteiger partial charge in [-0.2, -0.15) is 0 Å². The Kier molecular flexibility index (Phi) is 9.80. The van der Waals surface area contributed by atoms with Gasteiger partial charge in [-0.3, -0.25) is 4.79 Å². The molecule has 0 saturated heterocycles. The van der Waals surface area contributed by atoms with E-state index in [1.165, 1.54) is 12.8 Å². The van der Waals surface area contributed by atoms with Gasteiger partial charge >= 0.3 is 0 Å². The molecule has 0 spiro atoms. The van der Waals surface area contributed by atoms with E-state index in [0.717, 1.165) is 13.3 Å². The van der Waals surface area contributed by atoms with Crippen molar-refractivity contribution < 1.29 is 24.9 Å². The fraction of sp³-hybridized carbons (Fsp3) is 0.933. The third-order valence-corrected chi connectivity index (χ3v) is 3.67. The first-order valence-corrected chi connectivity index (χ1v) is 7.37. The minimum Gasteiger partial charge on any atom is -0.481 e. The lowest BCUT2D eigenvalue weighted by atomic mass is 9.75. The molecule has 4 atom stereocenters. The topological polar surface area (TPSA) is 87.0 Å². The molecule has 5 nitrogen and oxygen atoms in total. The molecule has 1 rings (SSSR count). The molecular weight excluding hydrogens is 260 g/mol. The summed E-state index contributed by atoms with van der Waals surface area (Å²) >= 11 is 0. The highest BCUT2D eigenvalue weighted by atomic mass is 16.5. The highest BCUT2D eigenvalue weighted by Crippen LogP contribution is 2.35. The molecule has 0 heterocycles. The fourth-order valence-electron chi connectivity index (χ4n) is 2.59. The van der Waals surface area contributed by atoms with Crippen molar-refractivity contribution in [3.63, 3.8) is 0 Å². The second-order valence-electron chi connectivity index (χ2n) is 6.05. The molecule has 20 heavy (non-hydrogen) atoms. The van der Waals surface area contributed by atoms with E-state index >= 15 is 0 Å². The summed E-state index contributed by atoms with van der Waals surface area (Å²) < 4.78 is 5.77. The predicted molar refractivity (Wildman–Crippen MR) is 77.5 cm³/mol. The van der Waals surface area contributed by atoms with Crippen molar-refractivity contribution in [3.8, 4) is 0 Å². The van der Waals surface area contributed by atoms with Gasteiger partial charge in [-0.15, -0.1) is 0 Å². The third-order valence-electron chi connectivity index (χ3n) is 3.67. The lowest BCUT2D eigenvalue weighted by Gasteiger charge is -2.37. The van der Waals surface area contributed by atoms with Gasteiger partial charge in [0, 0.05) is 6.92 Å². The van der Waals surface area contributed by atoms with Crippen LogP contribution in [0.3, 0.4) is 0 Å². The smallest absolute Gasteiger partial charge is 0.300 e. The Balaban J connectivity index is 0.000000796. The largest absolute Gasteiger partial charge is 0.481 e. The maximum Gasteiger partial charge on any atom is 0.300 e. The molecule has 1 aliphatic rings. The van der Waals surface area contributed by atoms with E-state index in [9.17, 15) is 5.11 Å². The molecule has 0 radical (unpaired) electrons. The first-order valence-electron chi connectivity index (χ1n) is 7.37. The SMILES string of the molecule is CC(=O)O.CC1CCC(C(C)C)C(OCC(O)CO)C1. The third kappa shape index (κ3) is 8.51. The first-order chi connectivity index (χ1) is 9.27. The number of carbonyl (C=O) groups is 1. The molecule has 1 saturated carbocycles. The van der Waals surface area contributed by atoms with Gasteiger partial charge in [0.15, 0.2) is 0 Å². The van der Waals surface area contributed by atoms with E-state index in [2.05, 4.69) is 20.8 Å². The van der Waals surface area contributed by atoms with Gasteiger partial charge in [-0.1, -0.05) is 27.2 Å². The van der Waals surface area contributed by atoms with E-state index in [1.54, 1.807) is 0 Å². The summed E-state index contributed by atoms with van der Waals surface area (Å²) in [7, 11) is 0.